The van der Waals surface area contributed by atoms with Crippen molar-refractivity contribution in [2.45, 2.75) is 13.0 Å². The highest BCUT2D eigenvalue weighted by Gasteiger charge is 2.31. The predicted molar refractivity (Wildman–Crippen MR) is 62.7 cm³/mol. The number of hydrogen-bond donors (Lipinski definition) is 0. The van der Waals surface area contributed by atoms with Crippen LogP contribution in [0.15, 0.2) is 48.5 Å². The number of rotatable bonds is 4. The van der Waals surface area contributed by atoms with Gasteiger partial charge in [0.1, 0.15) is 18.1 Å². The number of para-hydroxylation sites is 1. The average Bonchev–Trinajstić information content (AvgIpc) is 2.37. The number of alkyl halides is 3. The normalized spacial score (nSPS) is 11.1. The number of hydrogen-bond acceptors (Lipinski definition) is 2. The molecule has 2 aromatic carbocycles. The van der Waals surface area contributed by atoms with Crippen LogP contribution in [0.5, 0.6) is 11.5 Å². The van der Waals surface area contributed by atoms with Crippen LogP contribution in [0.1, 0.15) is 5.56 Å². The lowest BCUT2D eigenvalue weighted by atomic mass is 10.2. The zero-order valence-corrected chi connectivity index (χ0v) is 9.78. The van der Waals surface area contributed by atoms with Crippen LogP contribution < -0.4 is 9.47 Å². The fourth-order valence-electron chi connectivity index (χ4n) is 1.48. The molecular formula is C14H10F3O2. The summed E-state index contributed by atoms with van der Waals surface area (Å²) in [6.07, 6.45) is -4.71. The van der Waals surface area contributed by atoms with E-state index in [0.717, 1.165) is 0 Å². The Kier molecular flexibility index (Phi) is 3.94. The van der Waals surface area contributed by atoms with Crippen molar-refractivity contribution in [2.75, 3.05) is 0 Å². The van der Waals surface area contributed by atoms with Crippen LogP contribution in [0.2, 0.25) is 0 Å². The van der Waals surface area contributed by atoms with Crippen molar-refractivity contribution in [2.24, 2.45) is 0 Å². The summed E-state index contributed by atoms with van der Waals surface area (Å²) in [5.41, 5.74) is 0.327. The first kappa shape index (κ1) is 13.3. The van der Waals surface area contributed by atoms with E-state index in [2.05, 4.69) is 10.8 Å². The summed E-state index contributed by atoms with van der Waals surface area (Å²) in [5.74, 6) is 0.304. The van der Waals surface area contributed by atoms with Crippen LogP contribution in [-0.4, -0.2) is 6.36 Å². The minimum atomic E-state index is -4.71. The molecule has 0 aliphatic rings. The summed E-state index contributed by atoms with van der Waals surface area (Å²) in [4.78, 5) is 0. The van der Waals surface area contributed by atoms with Gasteiger partial charge in [0.25, 0.3) is 0 Å². The fourth-order valence-corrected chi connectivity index (χ4v) is 1.48. The molecule has 0 fully saturated rings. The zero-order valence-electron chi connectivity index (χ0n) is 9.78. The Hall–Kier alpha value is -2.17. The predicted octanol–water partition coefficient (Wildman–Crippen LogP) is 3.96. The molecule has 0 heterocycles. The molecule has 0 aliphatic carbocycles. The van der Waals surface area contributed by atoms with Crippen LogP contribution in [0.3, 0.4) is 0 Å². The molecule has 0 amide bonds. The molecular weight excluding hydrogens is 257 g/mol. The summed E-state index contributed by atoms with van der Waals surface area (Å²) in [6.45, 7) is -0.00370. The van der Waals surface area contributed by atoms with E-state index in [-0.39, 0.29) is 12.4 Å². The molecule has 2 nitrogen and oxygen atoms in total. The molecule has 0 spiro atoms. The quantitative estimate of drug-likeness (QED) is 0.834. The fraction of sp³-hybridized carbons (Fsp3) is 0.143. The molecule has 19 heavy (non-hydrogen) atoms. The van der Waals surface area contributed by atoms with Gasteiger partial charge in [0.15, 0.2) is 0 Å². The molecule has 0 atom stereocenters. The van der Waals surface area contributed by atoms with Crippen molar-refractivity contribution in [1.82, 2.24) is 0 Å². The Bertz CT molecular complexity index is 524. The highest BCUT2D eigenvalue weighted by Crippen LogP contribution is 2.27. The topological polar surface area (TPSA) is 18.5 Å². The third-order valence-corrected chi connectivity index (χ3v) is 2.28. The first-order valence-electron chi connectivity index (χ1n) is 5.47. The first-order chi connectivity index (χ1) is 9.04. The van der Waals surface area contributed by atoms with Crippen LogP contribution >= 0.6 is 0 Å². The van der Waals surface area contributed by atoms with E-state index in [1.165, 1.54) is 18.2 Å². The van der Waals surface area contributed by atoms with Crippen molar-refractivity contribution in [3.8, 4) is 11.5 Å². The molecule has 0 aromatic heterocycles. The lowest BCUT2D eigenvalue weighted by molar-refractivity contribution is -0.275. The average molecular weight is 267 g/mol. The number of benzene rings is 2. The van der Waals surface area contributed by atoms with Gasteiger partial charge in [-0.25, -0.2) is 0 Å². The molecule has 2 aromatic rings. The molecule has 0 N–H and O–H groups in total. The van der Waals surface area contributed by atoms with E-state index in [4.69, 9.17) is 4.74 Å². The monoisotopic (exact) mass is 267 g/mol. The molecule has 0 aliphatic heterocycles. The van der Waals surface area contributed by atoms with Crippen LogP contribution in [0.4, 0.5) is 13.2 Å². The highest BCUT2D eigenvalue weighted by atomic mass is 19.4. The van der Waals surface area contributed by atoms with Gasteiger partial charge in [0.2, 0.25) is 0 Å². The second kappa shape index (κ2) is 5.65. The Labute approximate surface area is 108 Å². The summed E-state index contributed by atoms with van der Waals surface area (Å²) in [6, 6.07) is 15.4. The highest BCUT2D eigenvalue weighted by molar-refractivity contribution is 5.33. The van der Waals surface area contributed by atoms with Crippen LogP contribution in [0.25, 0.3) is 0 Å². The van der Waals surface area contributed by atoms with Crippen molar-refractivity contribution in [3.05, 3.63) is 60.2 Å². The SMILES string of the molecule is FC(F)(F)Oc1ccccc1COc1cc[c]cc1. The van der Waals surface area contributed by atoms with Gasteiger partial charge in [-0.2, -0.15) is 0 Å². The standard InChI is InChI=1S/C14H10F3O2/c15-14(16,17)19-13-9-5-4-6-11(13)10-18-12-7-2-1-3-8-12/h2-9H,10H2. The third-order valence-electron chi connectivity index (χ3n) is 2.28. The molecule has 0 unspecified atom stereocenters. The molecule has 5 heteroatoms. The van der Waals surface area contributed by atoms with Gasteiger partial charge in [0.05, 0.1) is 0 Å². The van der Waals surface area contributed by atoms with Gasteiger partial charge in [0, 0.05) is 5.56 Å². The number of ether oxygens (including phenoxy) is 2. The zero-order chi connectivity index (χ0) is 13.7. The lowest BCUT2D eigenvalue weighted by Crippen LogP contribution is -2.18. The Morgan fingerprint density at radius 1 is 1.00 bits per heavy atom. The maximum absolute atomic E-state index is 12.2. The van der Waals surface area contributed by atoms with Gasteiger partial charge in [-0.15, -0.1) is 13.2 Å². The van der Waals surface area contributed by atoms with Gasteiger partial charge in [-0.3, -0.25) is 0 Å². The molecule has 0 bridgehead atoms. The van der Waals surface area contributed by atoms with E-state index >= 15 is 0 Å². The second-order valence-electron chi connectivity index (χ2n) is 3.68. The summed E-state index contributed by atoms with van der Waals surface area (Å²) in [7, 11) is 0. The van der Waals surface area contributed by atoms with Gasteiger partial charge in [-0.05, 0) is 24.3 Å². The second-order valence-corrected chi connectivity index (χ2v) is 3.68. The summed E-state index contributed by atoms with van der Waals surface area (Å²) >= 11 is 0. The van der Waals surface area contributed by atoms with Crippen molar-refractivity contribution >= 4 is 0 Å². The van der Waals surface area contributed by atoms with Crippen molar-refractivity contribution in [1.29, 1.82) is 0 Å². The maximum Gasteiger partial charge on any atom is 0.573 e. The van der Waals surface area contributed by atoms with E-state index in [1.54, 1.807) is 30.3 Å². The Balaban J connectivity index is 2.08. The maximum atomic E-state index is 12.2. The number of halogens is 3. The van der Waals surface area contributed by atoms with Gasteiger partial charge >= 0.3 is 6.36 Å². The molecule has 2 rings (SSSR count). The Morgan fingerprint density at radius 2 is 1.68 bits per heavy atom. The minimum Gasteiger partial charge on any atom is -0.489 e. The van der Waals surface area contributed by atoms with Crippen LogP contribution in [0, 0.1) is 6.07 Å². The largest absolute Gasteiger partial charge is 0.573 e. The van der Waals surface area contributed by atoms with E-state index in [1.807, 2.05) is 0 Å². The molecule has 99 valence electrons. The van der Waals surface area contributed by atoms with E-state index in [9.17, 15) is 13.2 Å². The summed E-state index contributed by atoms with van der Waals surface area (Å²) < 4.78 is 46.0. The van der Waals surface area contributed by atoms with Gasteiger partial charge < -0.3 is 9.47 Å². The molecule has 0 saturated carbocycles. The first-order valence-corrected chi connectivity index (χ1v) is 5.47. The molecule has 0 saturated heterocycles. The van der Waals surface area contributed by atoms with E-state index < -0.39 is 6.36 Å². The lowest BCUT2D eigenvalue weighted by Gasteiger charge is -2.13. The van der Waals surface area contributed by atoms with Crippen molar-refractivity contribution < 1.29 is 22.6 Å². The van der Waals surface area contributed by atoms with Gasteiger partial charge in [-0.1, -0.05) is 30.3 Å². The Morgan fingerprint density at radius 3 is 2.37 bits per heavy atom. The summed E-state index contributed by atoms with van der Waals surface area (Å²) in [5, 5.41) is 0. The smallest absolute Gasteiger partial charge is 0.489 e. The van der Waals surface area contributed by atoms with Crippen LogP contribution in [-0.2, 0) is 6.61 Å². The minimum absolute atomic E-state index is 0.00370. The van der Waals surface area contributed by atoms with Crippen molar-refractivity contribution in [3.63, 3.8) is 0 Å². The molecule has 1 radical (unpaired) electrons. The van der Waals surface area contributed by atoms with E-state index in [0.29, 0.717) is 11.3 Å². The third kappa shape index (κ3) is 4.21.